The van der Waals surface area contributed by atoms with Gasteiger partial charge in [-0.3, -0.25) is 14.4 Å². The summed E-state index contributed by atoms with van der Waals surface area (Å²) in [5.41, 5.74) is 3.38. The third-order valence-corrected chi connectivity index (χ3v) is 7.87. The Labute approximate surface area is 209 Å². The van der Waals surface area contributed by atoms with Gasteiger partial charge in [0, 0.05) is 22.5 Å². The average Bonchev–Trinajstić information content (AvgIpc) is 3.36. The summed E-state index contributed by atoms with van der Waals surface area (Å²) in [4.78, 5) is 43.8. The fourth-order valence-corrected chi connectivity index (χ4v) is 6.33. The molecule has 6 heteroatoms. The van der Waals surface area contributed by atoms with Crippen LogP contribution in [0.25, 0.3) is 6.08 Å². The standard InChI is InChI=1S/C30H26N2O4/c1-17-8-10-19(11-9-17)28(34)26-27(18(2)33)32-24-14-13-21(36-3)16-20(24)12-15-25(32)30(26)22-6-4-5-7-23(22)31-29(30)35/h4-16,25-27H,1-3H3,(H,31,35)/t25-,26-,27-,30+/m1/s1. The molecule has 6 nitrogen and oxygen atoms in total. The van der Waals surface area contributed by atoms with Crippen molar-refractivity contribution >= 4 is 34.9 Å². The predicted octanol–water partition coefficient (Wildman–Crippen LogP) is 4.57. The van der Waals surface area contributed by atoms with Crippen LogP contribution in [0.2, 0.25) is 0 Å². The number of rotatable bonds is 4. The second kappa shape index (κ2) is 7.92. The van der Waals surface area contributed by atoms with Crippen LogP contribution < -0.4 is 15.0 Å². The van der Waals surface area contributed by atoms with Crippen LogP contribution in [0.15, 0.2) is 72.8 Å². The van der Waals surface area contributed by atoms with Gasteiger partial charge in [-0.05, 0) is 43.7 Å². The lowest BCUT2D eigenvalue weighted by Gasteiger charge is -2.37. The van der Waals surface area contributed by atoms with Crippen LogP contribution in [-0.2, 0) is 15.0 Å². The van der Waals surface area contributed by atoms with Crippen molar-refractivity contribution in [2.45, 2.75) is 31.3 Å². The first-order chi connectivity index (χ1) is 17.4. The van der Waals surface area contributed by atoms with Crippen molar-refractivity contribution in [2.24, 2.45) is 5.92 Å². The molecule has 1 fully saturated rings. The third-order valence-electron chi connectivity index (χ3n) is 7.87. The number of fused-ring (bicyclic) bond motifs is 6. The molecule has 1 amide bonds. The largest absolute Gasteiger partial charge is 0.497 e. The Hall–Kier alpha value is -4.19. The number of nitrogens with zero attached hydrogens (tertiary/aromatic N) is 1. The van der Waals surface area contributed by atoms with Gasteiger partial charge in [0.15, 0.2) is 11.6 Å². The van der Waals surface area contributed by atoms with Gasteiger partial charge >= 0.3 is 0 Å². The summed E-state index contributed by atoms with van der Waals surface area (Å²) in [6.45, 7) is 3.47. The van der Waals surface area contributed by atoms with Crippen molar-refractivity contribution in [2.75, 3.05) is 17.3 Å². The maximum atomic E-state index is 14.3. The maximum absolute atomic E-state index is 14.3. The summed E-state index contributed by atoms with van der Waals surface area (Å²) in [6.07, 6.45) is 3.92. The minimum Gasteiger partial charge on any atom is -0.497 e. The Morgan fingerprint density at radius 2 is 1.78 bits per heavy atom. The smallest absolute Gasteiger partial charge is 0.238 e. The quantitative estimate of drug-likeness (QED) is 0.556. The van der Waals surface area contributed by atoms with Gasteiger partial charge in [-0.15, -0.1) is 0 Å². The zero-order valence-electron chi connectivity index (χ0n) is 20.3. The molecule has 1 spiro atoms. The van der Waals surface area contributed by atoms with E-state index < -0.39 is 23.4 Å². The lowest BCUT2D eigenvalue weighted by molar-refractivity contribution is -0.122. The molecular weight excluding hydrogens is 452 g/mol. The zero-order chi connectivity index (χ0) is 25.2. The molecule has 36 heavy (non-hydrogen) atoms. The van der Waals surface area contributed by atoms with Gasteiger partial charge in [-0.2, -0.15) is 0 Å². The fraction of sp³-hybridized carbons (Fsp3) is 0.233. The van der Waals surface area contributed by atoms with Gasteiger partial charge in [-0.25, -0.2) is 0 Å². The van der Waals surface area contributed by atoms with Gasteiger partial charge in [0.1, 0.15) is 11.2 Å². The van der Waals surface area contributed by atoms with Crippen LogP contribution in [0.5, 0.6) is 5.75 Å². The van der Waals surface area contributed by atoms with E-state index in [0.717, 1.165) is 22.4 Å². The van der Waals surface area contributed by atoms with Crippen LogP contribution in [0.1, 0.15) is 34.0 Å². The number of carbonyl (C=O) groups excluding carboxylic acids is 3. The number of carbonyl (C=O) groups is 3. The number of methoxy groups -OCH3 is 1. The van der Waals surface area contributed by atoms with Crippen molar-refractivity contribution < 1.29 is 19.1 Å². The highest BCUT2D eigenvalue weighted by Crippen LogP contribution is 2.57. The number of Topliss-reactive ketones (excluding diaryl/α,β-unsaturated/α-hetero) is 2. The molecular formula is C30H26N2O4. The van der Waals surface area contributed by atoms with Crippen molar-refractivity contribution in [1.29, 1.82) is 0 Å². The van der Waals surface area contributed by atoms with Crippen molar-refractivity contribution in [1.82, 2.24) is 0 Å². The highest BCUT2D eigenvalue weighted by atomic mass is 16.5. The summed E-state index contributed by atoms with van der Waals surface area (Å²) >= 11 is 0. The van der Waals surface area contributed by atoms with Gasteiger partial charge in [0.2, 0.25) is 5.91 Å². The lowest BCUT2D eigenvalue weighted by Crippen LogP contribution is -2.51. The lowest BCUT2D eigenvalue weighted by atomic mass is 9.64. The average molecular weight is 479 g/mol. The second-order valence-electron chi connectivity index (χ2n) is 9.77. The van der Waals surface area contributed by atoms with E-state index in [4.69, 9.17) is 4.74 Å². The zero-order valence-corrected chi connectivity index (χ0v) is 20.3. The normalized spacial score (nSPS) is 25.2. The molecule has 3 aliphatic heterocycles. The third kappa shape index (κ3) is 2.87. The van der Waals surface area contributed by atoms with Crippen molar-refractivity contribution in [3.8, 4) is 5.75 Å². The van der Waals surface area contributed by atoms with Crippen LogP contribution in [-0.4, -0.2) is 36.7 Å². The summed E-state index contributed by atoms with van der Waals surface area (Å²) in [5, 5.41) is 3.03. The number of anilines is 2. The summed E-state index contributed by atoms with van der Waals surface area (Å²) in [5.74, 6) is -0.837. The molecule has 0 aliphatic carbocycles. The number of hydrogen-bond acceptors (Lipinski definition) is 5. The van der Waals surface area contributed by atoms with Crippen LogP contribution in [0, 0.1) is 12.8 Å². The molecule has 0 unspecified atom stereocenters. The van der Waals surface area contributed by atoms with Gasteiger partial charge in [0.05, 0.1) is 25.1 Å². The van der Waals surface area contributed by atoms with Gasteiger partial charge < -0.3 is 15.0 Å². The number of ketones is 2. The fourth-order valence-electron chi connectivity index (χ4n) is 6.33. The van der Waals surface area contributed by atoms with Crippen LogP contribution >= 0.6 is 0 Å². The molecule has 4 atom stereocenters. The Morgan fingerprint density at radius 1 is 1.03 bits per heavy atom. The van der Waals surface area contributed by atoms with Crippen molar-refractivity contribution in [3.63, 3.8) is 0 Å². The number of amides is 1. The number of para-hydroxylation sites is 1. The first-order valence-electron chi connectivity index (χ1n) is 12.0. The molecule has 0 bridgehead atoms. The number of benzene rings is 3. The first-order valence-corrected chi connectivity index (χ1v) is 12.0. The Balaban J connectivity index is 1.64. The highest BCUT2D eigenvalue weighted by molar-refractivity contribution is 6.16. The number of nitrogens with one attached hydrogen (secondary N) is 1. The van der Waals surface area contributed by atoms with E-state index >= 15 is 0 Å². The molecule has 180 valence electrons. The molecule has 0 aromatic heterocycles. The summed E-state index contributed by atoms with van der Waals surface area (Å²) < 4.78 is 5.41. The molecule has 0 radical (unpaired) electrons. The highest BCUT2D eigenvalue weighted by Gasteiger charge is 2.69. The van der Waals surface area contributed by atoms with Crippen LogP contribution in [0.4, 0.5) is 11.4 Å². The first kappa shape index (κ1) is 22.3. The molecule has 1 saturated heterocycles. The molecule has 3 aliphatic rings. The number of hydrogen-bond donors (Lipinski definition) is 1. The number of ether oxygens (including phenoxy) is 1. The monoisotopic (exact) mass is 478 g/mol. The minimum absolute atomic E-state index is 0.156. The van der Waals surface area contributed by atoms with E-state index in [1.165, 1.54) is 6.92 Å². The van der Waals surface area contributed by atoms with E-state index in [2.05, 4.69) is 5.32 Å². The molecule has 3 heterocycles. The van der Waals surface area contributed by atoms with Gasteiger partial charge in [-0.1, -0.05) is 60.2 Å². The maximum Gasteiger partial charge on any atom is 0.238 e. The van der Waals surface area contributed by atoms with Gasteiger partial charge in [0.25, 0.3) is 0 Å². The molecule has 6 rings (SSSR count). The van der Waals surface area contributed by atoms with Crippen LogP contribution in [0.3, 0.4) is 0 Å². The Bertz CT molecular complexity index is 1460. The molecule has 3 aromatic carbocycles. The van der Waals surface area contributed by atoms with Crippen molar-refractivity contribution in [3.05, 3.63) is 95.1 Å². The molecule has 0 saturated carbocycles. The topological polar surface area (TPSA) is 75.7 Å². The Kier molecular flexibility index (Phi) is 4.90. The molecule has 3 aromatic rings. The summed E-state index contributed by atoms with van der Waals surface area (Å²) in [7, 11) is 1.61. The predicted molar refractivity (Wildman–Crippen MR) is 139 cm³/mol. The SMILES string of the molecule is COc1ccc2c(c1)C=C[C@H]1N2[C@H](C(C)=O)[C@H](C(=O)c2ccc(C)cc2)[C@@]12C(=O)Nc1ccccc12. The molecule has 1 N–H and O–H groups in total. The minimum atomic E-state index is -1.26. The van der Waals surface area contributed by atoms with E-state index in [-0.39, 0.29) is 17.5 Å². The van der Waals surface area contributed by atoms with E-state index in [1.807, 2.05) is 78.6 Å². The second-order valence-corrected chi connectivity index (χ2v) is 9.77. The Morgan fingerprint density at radius 3 is 2.50 bits per heavy atom. The number of aryl methyl sites for hydroxylation is 1. The summed E-state index contributed by atoms with van der Waals surface area (Å²) in [6, 6.07) is 19.2. The van der Waals surface area contributed by atoms with E-state index in [0.29, 0.717) is 17.0 Å². The van der Waals surface area contributed by atoms with E-state index in [1.54, 1.807) is 19.2 Å². The van der Waals surface area contributed by atoms with E-state index in [9.17, 15) is 14.4 Å².